The summed E-state index contributed by atoms with van der Waals surface area (Å²) >= 11 is 0. The van der Waals surface area contributed by atoms with Gasteiger partial charge in [-0.3, -0.25) is 4.79 Å². The predicted molar refractivity (Wildman–Crippen MR) is 91.1 cm³/mol. The smallest absolute Gasteiger partial charge is 0.222 e. The maximum absolute atomic E-state index is 12.5. The zero-order valence-corrected chi connectivity index (χ0v) is 15.4. The highest BCUT2D eigenvalue weighted by Crippen LogP contribution is 2.28. The fourth-order valence-electron chi connectivity index (χ4n) is 3.34. The average molecular weight is 353 g/mol. The molecule has 1 unspecified atom stereocenters. The summed E-state index contributed by atoms with van der Waals surface area (Å²) in [5, 5.41) is 3.34. The molecule has 1 atom stereocenters. The molecule has 2 saturated heterocycles. The average Bonchev–Trinajstić information content (AvgIpc) is 2.42. The Morgan fingerprint density at radius 2 is 1.91 bits per heavy atom. The molecule has 7 heteroatoms. The molecule has 0 aliphatic carbocycles. The minimum atomic E-state index is -3.08. The first-order valence-electron chi connectivity index (χ1n) is 7.94. The number of sulfone groups is 1. The van der Waals surface area contributed by atoms with E-state index in [2.05, 4.69) is 12.2 Å². The summed E-state index contributed by atoms with van der Waals surface area (Å²) in [6.07, 6.45) is 2.81. The molecule has 1 N–H and O–H groups in total. The topological polar surface area (TPSA) is 66.5 Å². The number of amides is 1. The van der Waals surface area contributed by atoms with Crippen molar-refractivity contribution in [1.82, 2.24) is 10.2 Å². The number of carbonyl (C=O) groups excluding carboxylic acids is 1. The van der Waals surface area contributed by atoms with E-state index in [0.29, 0.717) is 31.3 Å². The summed E-state index contributed by atoms with van der Waals surface area (Å²) in [6.45, 7) is 8.35. The number of nitrogens with zero attached hydrogens (tertiary/aromatic N) is 1. The van der Waals surface area contributed by atoms with Gasteiger partial charge in [-0.05, 0) is 51.6 Å². The van der Waals surface area contributed by atoms with Crippen molar-refractivity contribution >= 4 is 28.2 Å². The Morgan fingerprint density at radius 1 is 1.32 bits per heavy atom. The highest BCUT2D eigenvalue weighted by atomic mass is 35.5. The van der Waals surface area contributed by atoms with Crippen molar-refractivity contribution < 1.29 is 13.2 Å². The Labute approximate surface area is 140 Å². The zero-order valence-electron chi connectivity index (χ0n) is 13.8. The molecule has 5 nitrogen and oxygen atoms in total. The second-order valence-electron chi connectivity index (χ2n) is 7.16. The van der Waals surface area contributed by atoms with Gasteiger partial charge in [0.05, 0.1) is 10.5 Å². The summed E-state index contributed by atoms with van der Waals surface area (Å²) in [7, 11) is -3.08. The first-order chi connectivity index (χ1) is 9.73. The Balaban J connectivity index is 0.00000242. The highest BCUT2D eigenvalue weighted by molar-refractivity contribution is 7.92. The summed E-state index contributed by atoms with van der Waals surface area (Å²) < 4.78 is 23.2. The molecule has 0 aromatic rings. The lowest BCUT2D eigenvalue weighted by Crippen LogP contribution is -2.54. The Bertz CT molecular complexity index is 487. The molecular weight excluding hydrogens is 324 g/mol. The van der Waals surface area contributed by atoms with Crippen LogP contribution in [0, 0.1) is 11.8 Å². The first kappa shape index (κ1) is 19.7. The van der Waals surface area contributed by atoms with Gasteiger partial charge in [-0.1, -0.05) is 6.92 Å². The van der Waals surface area contributed by atoms with Crippen LogP contribution in [0.5, 0.6) is 0 Å². The molecule has 2 heterocycles. The van der Waals surface area contributed by atoms with Gasteiger partial charge in [0.15, 0.2) is 9.84 Å². The Morgan fingerprint density at radius 3 is 2.45 bits per heavy atom. The minimum Gasteiger partial charge on any atom is -0.340 e. The molecular formula is C15H29ClN2O3S. The number of carbonyl (C=O) groups is 1. The number of piperidine rings is 1. The Hall–Kier alpha value is -0.330. The number of hydrogen-bond acceptors (Lipinski definition) is 4. The van der Waals surface area contributed by atoms with Crippen LogP contribution in [0.4, 0.5) is 0 Å². The van der Waals surface area contributed by atoms with Crippen LogP contribution in [-0.4, -0.2) is 55.9 Å². The van der Waals surface area contributed by atoms with E-state index in [0.717, 1.165) is 25.9 Å². The molecule has 0 aromatic carbocycles. The van der Waals surface area contributed by atoms with Gasteiger partial charge in [-0.25, -0.2) is 8.42 Å². The van der Waals surface area contributed by atoms with E-state index in [9.17, 15) is 13.2 Å². The fraction of sp³-hybridized carbons (Fsp3) is 0.933. The third-order valence-electron chi connectivity index (χ3n) is 5.08. The van der Waals surface area contributed by atoms with Crippen LogP contribution in [0.1, 0.15) is 40.0 Å². The number of nitrogens with one attached hydrogen (secondary N) is 1. The third-order valence-corrected chi connectivity index (χ3v) is 7.61. The second kappa shape index (κ2) is 7.49. The van der Waals surface area contributed by atoms with Crippen molar-refractivity contribution in [3.8, 4) is 0 Å². The molecule has 22 heavy (non-hydrogen) atoms. The van der Waals surface area contributed by atoms with Gasteiger partial charge in [0, 0.05) is 19.5 Å². The van der Waals surface area contributed by atoms with E-state index in [-0.39, 0.29) is 24.1 Å². The van der Waals surface area contributed by atoms with Crippen LogP contribution in [0.2, 0.25) is 0 Å². The lowest BCUT2D eigenvalue weighted by Gasteiger charge is -2.38. The van der Waals surface area contributed by atoms with Gasteiger partial charge >= 0.3 is 0 Å². The monoisotopic (exact) mass is 352 g/mol. The van der Waals surface area contributed by atoms with E-state index in [1.54, 1.807) is 18.7 Å². The summed E-state index contributed by atoms with van der Waals surface area (Å²) in [5.41, 5.74) is 0. The van der Waals surface area contributed by atoms with Gasteiger partial charge in [0.2, 0.25) is 5.91 Å². The number of hydrogen-bond donors (Lipinski definition) is 1. The van der Waals surface area contributed by atoms with Crippen molar-refractivity contribution in [3.63, 3.8) is 0 Å². The van der Waals surface area contributed by atoms with Crippen LogP contribution >= 0.6 is 12.4 Å². The summed E-state index contributed by atoms with van der Waals surface area (Å²) in [5.74, 6) is 1.19. The normalized spacial score (nSPS) is 26.0. The molecule has 2 fully saturated rings. The lowest BCUT2D eigenvalue weighted by atomic mass is 9.84. The van der Waals surface area contributed by atoms with Crippen molar-refractivity contribution in [2.45, 2.75) is 44.8 Å². The second-order valence-corrected chi connectivity index (χ2v) is 9.91. The number of rotatable bonds is 3. The largest absolute Gasteiger partial charge is 0.340 e. The quantitative estimate of drug-likeness (QED) is 0.835. The van der Waals surface area contributed by atoms with Crippen LogP contribution in [-0.2, 0) is 14.6 Å². The van der Waals surface area contributed by atoms with Gasteiger partial charge in [-0.2, -0.15) is 0 Å². The standard InChI is InChI=1S/C15H28N2O3S.ClH/c1-12(13-4-6-16-7-5-13)10-14(18)17-8-9-21(19,20)15(2,3)11-17;/h12-13,16H,4-11H2,1-3H3;1H. The van der Waals surface area contributed by atoms with Crippen LogP contribution in [0.15, 0.2) is 0 Å². The number of halogens is 1. The van der Waals surface area contributed by atoms with E-state index in [1.807, 2.05) is 0 Å². The molecule has 0 spiro atoms. The molecule has 0 radical (unpaired) electrons. The van der Waals surface area contributed by atoms with Gasteiger partial charge in [0.25, 0.3) is 0 Å². The summed E-state index contributed by atoms with van der Waals surface area (Å²) in [6, 6.07) is 0. The zero-order chi connectivity index (χ0) is 15.7. The van der Waals surface area contributed by atoms with Gasteiger partial charge < -0.3 is 10.2 Å². The van der Waals surface area contributed by atoms with Crippen LogP contribution < -0.4 is 5.32 Å². The predicted octanol–water partition coefficient (Wildman–Crippen LogP) is 1.47. The molecule has 0 saturated carbocycles. The van der Waals surface area contributed by atoms with Crippen LogP contribution in [0.25, 0.3) is 0 Å². The van der Waals surface area contributed by atoms with Crippen LogP contribution in [0.3, 0.4) is 0 Å². The minimum absolute atomic E-state index is 0. The molecule has 130 valence electrons. The third kappa shape index (κ3) is 4.36. The fourth-order valence-corrected chi connectivity index (χ4v) is 4.71. The van der Waals surface area contributed by atoms with Gasteiger partial charge in [-0.15, -0.1) is 12.4 Å². The maximum atomic E-state index is 12.5. The highest BCUT2D eigenvalue weighted by Gasteiger charge is 2.41. The lowest BCUT2D eigenvalue weighted by molar-refractivity contribution is -0.132. The molecule has 2 aliphatic heterocycles. The molecule has 0 bridgehead atoms. The van der Waals surface area contributed by atoms with Crippen molar-refractivity contribution in [2.24, 2.45) is 11.8 Å². The SMILES string of the molecule is CC(CC(=O)N1CCS(=O)(=O)C(C)(C)C1)C1CCNCC1.Cl. The van der Waals surface area contributed by atoms with E-state index < -0.39 is 14.6 Å². The summed E-state index contributed by atoms with van der Waals surface area (Å²) in [4.78, 5) is 14.2. The molecule has 1 amide bonds. The maximum Gasteiger partial charge on any atom is 0.222 e. The molecule has 2 aliphatic rings. The van der Waals surface area contributed by atoms with E-state index >= 15 is 0 Å². The molecule has 0 aromatic heterocycles. The van der Waals surface area contributed by atoms with E-state index in [1.165, 1.54) is 0 Å². The van der Waals surface area contributed by atoms with Crippen molar-refractivity contribution in [3.05, 3.63) is 0 Å². The van der Waals surface area contributed by atoms with Gasteiger partial charge in [0.1, 0.15) is 0 Å². The van der Waals surface area contributed by atoms with Crippen molar-refractivity contribution in [1.29, 1.82) is 0 Å². The molecule has 2 rings (SSSR count). The Kier molecular flexibility index (Phi) is 6.72. The first-order valence-corrected chi connectivity index (χ1v) is 9.59. The van der Waals surface area contributed by atoms with Crippen molar-refractivity contribution in [2.75, 3.05) is 31.9 Å². The van der Waals surface area contributed by atoms with E-state index in [4.69, 9.17) is 0 Å².